The molecular weight excluding hydrogens is 230 g/mol. The lowest BCUT2D eigenvalue weighted by molar-refractivity contribution is 1.49. The molecular formula is C13H11N3S. The van der Waals surface area contributed by atoms with Crippen molar-refractivity contribution in [3.05, 3.63) is 42.5 Å². The highest BCUT2D eigenvalue weighted by atomic mass is 32.1. The molecule has 3 nitrogen and oxygen atoms in total. The van der Waals surface area contributed by atoms with E-state index in [2.05, 4.69) is 11.1 Å². The molecule has 0 unspecified atom stereocenters. The van der Waals surface area contributed by atoms with Crippen LogP contribution in [0.3, 0.4) is 0 Å². The van der Waals surface area contributed by atoms with Crippen molar-refractivity contribution in [2.24, 2.45) is 0 Å². The first kappa shape index (κ1) is 10.1. The summed E-state index contributed by atoms with van der Waals surface area (Å²) < 4.78 is 1.11. The monoisotopic (exact) mass is 241 g/mol. The van der Waals surface area contributed by atoms with E-state index in [1.165, 1.54) is 11.3 Å². The van der Waals surface area contributed by atoms with Gasteiger partial charge in [0.25, 0.3) is 0 Å². The maximum absolute atomic E-state index is 5.69. The van der Waals surface area contributed by atoms with Gasteiger partial charge in [-0.15, -0.1) is 0 Å². The smallest absolute Gasteiger partial charge is 0.181 e. The number of thiazole rings is 1. The Balaban J connectivity index is 2.13. The zero-order valence-corrected chi connectivity index (χ0v) is 9.87. The predicted octanol–water partition coefficient (Wildman–Crippen LogP) is 3.13. The number of fused-ring (bicyclic) bond motifs is 1. The summed E-state index contributed by atoms with van der Waals surface area (Å²) in [5.74, 6) is 0. The van der Waals surface area contributed by atoms with E-state index in [1.807, 2.05) is 36.4 Å². The minimum Gasteiger partial charge on any atom is -0.399 e. The molecule has 0 aliphatic heterocycles. The third-order valence-electron chi connectivity index (χ3n) is 2.65. The second kappa shape index (κ2) is 3.75. The summed E-state index contributed by atoms with van der Waals surface area (Å²) in [4.78, 5) is 4.24. The van der Waals surface area contributed by atoms with Crippen LogP contribution in [0.15, 0.2) is 42.5 Å². The summed E-state index contributed by atoms with van der Waals surface area (Å²) in [6, 6.07) is 14.0. The van der Waals surface area contributed by atoms with Gasteiger partial charge in [0.15, 0.2) is 5.13 Å². The van der Waals surface area contributed by atoms with E-state index in [0.29, 0.717) is 5.13 Å². The Morgan fingerprint density at radius 2 is 1.59 bits per heavy atom. The third-order valence-corrected chi connectivity index (χ3v) is 3.50. The minimum atomic E-state index is 0.606. The standard InChI is InChI=1S/C13H11N3S/c14-10-4-1-8(2-5-10)9-3-6-11-12(7-9)17-13(15)16-11/h1-7H,14H2,(H2,15,16). The number of nitrogens with two attached hydrogens (primary N) is 2. The van der Waals surface area contributed by atoms with E-state index < -0.39 is 0 Å². The Bertz CT molecular complexity index is 671. The van der Waals surface area contributed by atoms with Gasteiger partial charge in [-0.05, 0) is 35.4 Å². The first-order chi connectivity index (χ1) is 8.22. The maximum atomic E-state index is 5.69. The summed E-state index contributed by atoms with van der Waals surface area (Å²) in [5.41, 5.74) is 15.4. The summed E-state index contributed by atoms with van der Waals surface area (Å²) in [6.45, 7) is 0. The van der Waals surface area contributed by atoms with Crippen LogP contribution in [-0.4, -0.2) is 4.98 Å². The van der Waals surface area contributed by atoms with Crippen LogP contribution >= 0.6 is 11.3 Å². The maximum Gasteiger partial charge on any atom is 0.181 e. The van der Waals surface area contributed by atoms with E-state index in [9.17, 15) is 0 Å². The van der Waals surface area contributed by atoms with Crippen molar-refractivity contribution in [3.63, 3.8) is 0 Å². The molecule has 0 aliphatic rings. The minimum absolute atomic E-state index is 0.606. The van der Waals surface area contributed by atoms with E-state index in [0.717, 1.165) is 27.0 Å². The largest absolute Gasteiger partial charge is 0.399 e. The molecule has 0 spiro atoms. The summed E-state index contributed by atoms with van der Waals surface area (Å²) in [5, 5.41) is 0.606. The van der Waals surface area contributed by atoms with Crippen molar-refractivity contribution >= 4 is 32.4 Å². The topological polar surface area (TPSA) is 64.9 Å². The molecule has 1 aromatic heterocycles. The van der Waals surface area contributed by atoms with Gasteiger partial charge in [0.2, 0.25) is 0 Å². The summed E-state index contributed by atoms with van der Waals surface area (Å²) in [7, 11) is 0. The molecule has 3 rings (SSSR count). The summed E-state index contributed by atoms with van der Waals surface area (Å²) >= 11 is 1.51. The Morgan fingerprint density at radius 3 is 2.35 bits per heavy atom. The molecule has 2 aromatic carbocycles. The molecule has 3 aromatic rings. The highest BCUT2D eigenvalue weighted by Crippen LogP contribution is 2.29. The Hall–Kier alpha value is -2.07. The fourth-order valence-corrected chi connectivity index (χ4v) is 2.57. The van der Waals surface area contributed by atoms with E-state index >= 15 is 0 Å². The molecule has 0 radical (unpaired) electrons. The average molecular weight is 241 g/mol. The first-order valence-electron chi connectivity index (χ1n) is 5.24. The van der Waals surface area contributed by atoms with Crippen LogP contribution in [0, 0.1) is 0 Å². The van der Waals surface area contributed by atoms with Crippen LogP contribution in [0.25, 0.3) is 21.3 Å². The van der Waals surface area contributed by atoms with Gasteiger partial charge < -0.3 is 11.5 Å². The molecule has 84 valence electrons. The average Bonchev–Trinajstić information content (AvgIpc) is 2.69. The van der Waals surface area contributed by atoms with E-state index in [4.69, 9.17) is 11.5 Å². The number of hydrogen-bond donors (Lipinski definition) is 2. The molecule has 4 N–H and O–H groups in total. The van der Waals surface area contributed by atoms with Crippen LogP contribution < -0.4 is 11.5 Å². The first-order valence-corrected chi connectivity index (χ1v) is 6.06. The highest BCUT2D eigenvalue weighted by molar-refractivity contribution is 7.22. The highest BCUT2D eigenvalue weighted by Gasteiger charge is 2.03. The zero-order valence-electron chi connectivity index (χ0n) is 9.05. The van der Waals surface area contributed by atoms with Crippen molar-refractivity contribution in [1.82, 2.24) is 4.98 Å². The van der Waals surface area contributed by atoms with Gasteiger partial charge in [0.05, 0.1) is 10.2 Å². The quantitative estimate of drug-likeness (QED) is 0.643. The molecule has 0 fully saturated rings. The number of rotatable bonds is 1. The molecule has 17 heavy (non-hydrogen) atoms. The molecule has 0 amide bonds. The second-order valence-electron chi connectivity index (χ2n) is 3.86. The summed E-state index contributed by atoms with van der Waals surface area (Å²) in [6.07, 6.45) is 0. The van der Waals surface area contributed by atoms with Gasteiger partial charge in [-0.1, -0.05) is 29.5 Å². The lowest BCUT2D eigenvalue weighted by Gasteiger charge is -2.01. The van der Waals surface area contributed by atoms with Crippen LogP contribution in [0.5, 0.6) is 0 Å². The third kappa shape index (κ3) is 1.83. The fourth-order valence-electron chi connectivity index (χ4n) is 1.80. The van der Waals surface area contributed by atoms with Crippen LogP contribution in [0.1, 0.15) is 0 Å². The Morgan fingerprint density at radius 1 is 0.882 bits per heavy atom. The second-order valence-corrected chi connectivity index (χ2v) is 4.92. The molecule has 0 bridgehead atoms. The van der Waals surface area contributed by atoms with Crippen LogP contribution in [-0.2, 0) is 0 Å². The van der Waals surface area contributed by atoms with Gasteiger partial charge in [-0.3, -0.25) is 0 Å². The number of benzene rings is 2. The zero-order chi connectivity index (χ0) is 11.8. The van der Waals surface area contributed by atoms with Gasteiger partial charge >= 0.3 is 0 Å². The fraction of sp³-hybridized carbons (Fsp3) is 0. The van der Waals surface area contributed by atoms with Gasteiger partial charge in [-0.2, -0.15) is 0 Å². The van der Waals surface area contributed by atoms with Crippen molar-refractivity contribution in [2.45, 2.75) is 0 Å². The molecule has 0 atom stereocenters. The van der Waals surface area contributed by atoms with Crippen LogP contribution in [0.2, 0.25) is 0 Å². The SMILES string of the molecule is Nc1ccc(-c2ccc3nc(N)sc3c2)cc1. The molecule has 1 heterocycles. The van der Waals surface area contributed by atoms with E-state index in [1.54, 1.807) is 0 Å². The lowest BCUT2D eigenvalue weighted by Crippen LogP contribution is -1.83. The molecule has 0 aliphatic carbocycles. The molecule has 0 saturated carbocycles. The number of aromatic nitrogens is 1. The number of hydrogen-bond acceptors (Lipinski definition) is 4. The van der Waals surface area contributed by atoms with Gasteiger partial charge in [-0.25, -0.2) is 4.98 Å². The Kier molecular flexibility index (Phi) is 2.23. The van der Waals surface area contributed by atoms with Gasteiger partial charge in [0.1, 0.15) is 0 Å². The van der Waals surface area contributed by atoms with Crippen molar-refractivity contribution in [2.75, 3.05) is 11.5 Å². The Labute approximate surface area is 103 Å². The van der Waals surface area contributed by atoms with Crippen molar-refractivity contribution in [3.8, 4) is 11.1 Å². The number of anilines is 2. The number of nitrogens with zero attached hydrogens (tertiary/aromatic N) is 1. The molecule has 0 saturated heterocycles. The predicted molar refractivity (Wildman–Crippen MR) is 73.9 cm³/mol. The normalized spacial score (nSPS) is 10.8. The van der Waals surface area contributed by atoms with Crippen molar-refractivity contribution in [1.29, 1.82) is 0 Å². The van der Waals surface area contributed by atoms with E-state index in [-0.39, 0.29) is 0 Å². The van der Waals surface area contributed by atoms with Crippen LogP contribution in [0.4, 0.5) is 10.8 Å². The van der Waals surface area contributed by atoms with Gasteiger partial charge in [0, 0.05) is 5.69 Å². The van der Waals surface area contributed by atoms with Crippen molar-refractivity contribution < 1.29 is 0 Å². The number of nitrogen functional groups attached to an aromatic ring is 2. The lowest BCUT2D eigenvalue weighted by atomic mass is 10.1. The molecule has 4 heteroatoms.